The minimum Gasteiger partial charge on any atom is -0.372 e. The number of nitrogens with one attached hydrogen (secondary N) is 1. The Morgan fingerprint density at radius 2 is 1.72 bits per heavy atom. The summed E-state index contributed by atoms with van der Waals surface area (Å²) in [5, 5.41) is 4.15. The lowest BCUT2D eigenvalue weighted by Crippen LogP contribution is -2.39. The highest BCUT2D eigenvalue weighted by Crippen LogP contribution is 2.26. The molecule has 1 N–H and O–H groups in total. The van der Waals surface area contributed by atoms with Crippen molar-refractivity contribution in [3.63, 3.8) is 0 Å². The standard InChI is InChI=1S/C20H25ClN4O3S/c1-4-24(5-2)17-12-10-16(11-13-17)14-22-23-20(26)15-25(29(3,27)28)19-9-7-6-8-18(19)21/h6-14H,4-5,15H2,1-3H3,(H,23,26). The molecule has 0 radical (unpaired) electrons. The number of hydrazone groups is 1. The van der Waals surface area contributed by atoms with Crippen molar-refractivity contribution in [1.29, 1.82) is 0 Å². The van der Waals surface area contributed by atoms with Gasteiger partial charge >= 0.3 is 0 Å². The molecule has 2 aromatic carbocycles. The summed E-state index contributed by atoms with van der Waals surface area (Å²) in [5.74, 6) is -0.577. The van der Waals surface area contributed by atoms with Gasteiger partial charge < -0.3 is 4.90 Å². The molecule has 0 aliphatic rings. The van der Waals surface area contributed by atoms with E-state index in [9.17, 15) is 13.2 Å². The van der Waals surface area contributed by atoms with Crippen molar-refractivity contribution in [1.82, 2.24) is 5.43 Å². The van der Waals surface area contributed by atoms with E-state index < -0.39 is 22.5 Å². The fraction of sp³-hybridized carbons (Fsp3) is 0.300. The summed E-state index contributed by atoms with van der Waals surface area (Å²) < 4.78 is 25.1. The van der Waals surface area contributed by atoms with Crippen molar-refractivity contribution in [3.05, 3.63) is 59.1 Å². The third-order valence-corrected chi connectivity index (χ3v) is 5.68. The molecule has 1 amide bonds. The Labute approximate surface area is 177 Å². The van der Waals surface area contributed by atoms with Crippen molar-refractivity contribution < 1.29 is 13.2 Å². The summed E-state index contributed by atoms with van der Waals surface area (Å²) in [6.45, 7) is 5.60. The molecule has 0 aromatic heterocycles. The van der Waals surface area contributed by atoms with E-state index in [-0.39, 0.29) is 10.7 Å². The molecule has 0 bridgehead atoms. The number of hydrogen-bond donors (Lipinski definition) is 1. The third-order valence-electron chi connectivity index (χ3n) is 4.23. The number of nitrogens with zero attached hydrogens (tertiary/aromatic N) is 3. The second kappa shape index (κ2) is 10.3. The topological polar surface area (TPSA) is 82.1 Å². The van der Waals surface area contributed by atoms with Gasteiger partial charge in [-0.25, -0.2) is 13.8 Å². The molecule has 0 spiro atoms. The van der Waals surface area contributed by atoms with Gasteiger partial charge in [-0.3, -0.25) is 9.10 Å². The fourth-order valence-electron chi connectivity index (χ4n) is 2.74. The summed E-state index contributed by atoms with van der Waals surface area (Å²) in [5.41, 5.74) is 4.52. The van der Waals surface area contributed by atoms with Gasteiger partial charge in [0, 0.05) is 18.8 Å². The third kappa shape index (κ3) is 6.47. The monoisotopic (exact) mass is 436 g/mol. The number of rotatable bonds is 9. The molecule has 2 aromatic rings. The van der Waals surface area contributed by atoms with Crippen LogP contribution in [0.25, 0.3) is 0 Å². The molecule has 0 saturated carbocycles. The lowest BCUT2D eigenvalue weighted by atomic mass is 10.2. The second-order valence-electron chi connectivity index (χ2n) is 6.28. The molecule has 0 atom stereocenters. The van der Waals surface area contributed by atoms with Gasteiger partial charge in [-0.05, 0) is 43.7 Å². The summed E-state index contributed by atoms with van der Waals surface area (Å²) in [6.07, 6.45) is 2.52. The van der Waals surface area contributed by atoms with Crippen LogP contribution in [0.15, 0.2) is 53.6 Å². The van der Waals surface area contributed by atoms with E-state index in [0.29, 0.717) is 0 Å². The first-order chi connectivity index (χ1) is 13.8. The van der Waals surface area contributed by atoms with Crippen molar-refractivity contribution in [2.75, 3.05) is 35.1 Å². The Morgan fingerprint density at radius 1 is 1.10 bits per heavy atom. The van der Waals surface area contributed by atoms with E-state index >= 15 is 0 Å². The van der Waals surface area contributed by atoms with Crippen LogP contribution >= 0.6 is 11.6 Å². The van der Waals surface area contributed by atoms with Crippen LogP contribution in [0.2, 0.25) is 5.02 Å². The summed E-state index contributed by atoms with van der Waals surface area (Å²) >= 11 is 6.08. The van der Waals surface area contributed by atoms with E-state index in [1.807, 2.05) is 24.3 Å². The highest BCUT2D eigenvalue weighted by atomic mass is 35.5. The SMILES string of the molecule is CCN(CC)c1ccc(C=NNC(=O)CN(c2ccccc2Cl)S(C)(=O)=O)cc1. The predicted octanol–water partition coefficient (Wildman–Crippen LogP) is 3.10. The number of halogens is 1. The summed E-state index contributed by atoms with van der Waals surface area (Å²) in [6, 6.07) is 14.2. The molecule has 29 heavy (non-hydrogen) atoms. The van der Waals surface area contributed by atoms with Gasteiger partial charge in [0.05, 0.1) is 23.2 Å². The van der Waals surface area contributed by atoms with E-state index in [4.69, 9.17) is 11.6 Å². The average Bonchev–Trinajstić information content (AvgIpc) is 2.68. The van der Waals surface area contributed by atoms with Gasteiger partial charge in [0.15, 0.2) is 0 Å². The largest absolute Gasteiger partial charge is 0.372 e. The van der Waals surface area contributed by atoms with Crippen LogP contribution < -0.4 is 14.6 Å². The lowest BCUT2D eigenvalue weighted by Gasteiger charge is -2.22. The molecule has 2 rings (SSSR count). The number of amides is 1. The van der Waals surface area contributed by atoms with E-state index in [0.717, 1.165) is 34.9 Å². The Bertz CT molecular complexity index is 958. The van der Waals surface area contributed by atoms with Gasteiger partial charge in [-0.2, -0.15) is 5.10 Å². The number of para-hydroxylation sites is 1. The van der Waals surface area contributed by atoms with Crippen LogP contribution in [0.3, 0.4) is 0 Å². The highest BCUT2D eigenvalue weighted by Gasteiger charge is 2.22. The zero-order valence-corrected chi connectivity index (χ0v) is 18.2. The zero-order valence-electron chi connectivity index (χ0n) is 16.7. The van der Waals surface area contributed by atoms with Gasteiger partial charge in [-0.1, -0.05) is 35.9 Å². The Hall–Kier alpha value is -2.58. The molecular formula is C20H25ClN4O3S. The minimum absolute atomic E-state index is 0.238. The van der Waals surface area contributed by atoms with Crippen molar-refractivity contribution in [2.24, 2.45) is 5.10 Å². The van der Waals surface area contributed by atoms with Crippen LogP contribution in [0.5, 0.6) is 0 Å². The maximum Gasteiger partial charge on any atom is 0.260 e. The van der Waals surface area contributed by atoms with Crippen molar-refractivity contribution in [2.45, 2.75) is 13.8 Å². The molecule has 0 aliphatic heterocycles. The quantitative estimate of drug-likeness (QED) is 0.483. The smallest absolute Gasteiger partial charge is 0.260 e. The Balaban J connectivity index is 2.03. The highest BCUT2D eigenvalue weighted by molar-refractivity contribution is 7.92. The molecule has 0 unspecified atom stereocenters. The van der Waals surface area contributed by atoms with Crippen LogP contribution in [0.1, 0.15) is 19.4 Å². The summed E-state index contributed by atoms with van der Waals surface area (Å²) in [7, 11) is -3.70. The first-order valence-corrected chi connectivity index (χ1v) is 11.4. The van der Waals surface area contributed by atoms with Crippen molar-refractivity contribution >= 4 is 45.1 Å². The number of benzene rings is 2. The van der Waals surface area contributed by atoms with Gasteiger partial charge in [0.1, 0.15) is 6.54 Å². The second-order valence-corrected chi connectivity index (χ2v) is 8.59. The molecule has 0 aliphatic carbocycles. The molecule has 9 heteroatoms. The van der Waals surface area contributed by atoms with Gasteiger partial charge in [0.25, 0.3) is 5.91 Å². The number of hydrogen-bond acceptors (Lipinski definition) is 5. The molecule has 0 fully saturated rings. The van der Waals surface area contributed by atoms with E-state index in [2.05, 4.69) is 29.3 Å². The minimum atomic E-state index is -3.70. The van der Waals surface area contributed by atoms with Crippen LogP contribution in [0, 0.1) is 0 Å². The molecule has 7 nitrogen and oxygen atoms in total. The maximum atomic E-state index is 12.2. The normalized spacial score (nSPS) is 11.4. The maximum absolute atomic E-state index is 12.2. The van der Waals surface area contributed by atoms with Crippen molar-refractivity contribution in [3.8, 4) is 0 Å². The van der Waals surface area contributed by atoms with Crippen LogP contribution in [-0.4, -0.2) is 46.4 Å². The average molecular weight is 437 g/mol. The summed E-state index contributed by atoms with van der Waals surface area (Å²) in [4.78, 5) is 14.4. The molecule has 0 saturated heterocycles. The molecule has 0 heterocycles. The Kier molecular flexibility index (Phi) is 8.04. The fourth-order valence-corrected chi connectivity index (χ4v) is 3.90. The number of anilines is 2. The number of carbonyl (C=O) groups is 1. The van der Waals surface area contributed by atoms with Crippen LogP contribution in [0.4, 0.5) is 11.4 Å². The molecular weight excluding hydrogens is 412 g/mol. The van der Waals surface area contributed by atoms with Crippen LogP contribution in [-0.2, 0) is 14.8 Å². The zero-order chi connectivity index (χ0) is 21.4. The number of sulfonamides is 1. The van der Waals surface area contributed by atoms with E-state index in [1.165, 1.54) is 12.3 Å². The molecule has 156 valence electrons. The first-order valence-electron chi connectivity index (χ1n) is 9.15. The first kappa shape index (κ1) is 22.7. The van der Waals surface area contributed by atoms with E-state index in [1.54, 1.807) is 18.2 Å². The van der Waals surface area contributed by atoms with Gasteiger partial charge in [-0.15, -0.1) is 0 Å². The Morgan fingerprint density at radius 3 is 2.28 bits per heavy atom. The van der Waals surface area contributed by atoms with Gasteiger partial charge in [0.2, 0.25) is 10.0 Å². The lowest BCUT2D eigenvalue weighted by molar-refractivity contribution is -0.119. The predicted molar refractivity (Wildman–Crippen MR) is 119 cm³/mol. The number of carbonyl (C=O) groups excluding carboxylic acids is 1.